The van der Waals surface area contributed by atoms with E-state index in [2.05, 4.69) is 77.2 Å². The topological polar surface area (TPSA) is 109 Å². The lowest BCUT2D eigenvalue weighted by Crippen LogP contribution is -2.55. The van der Waals surface area contributed by atoms with Crippen molar-refractivity contribution in [2.24, 2.45) is 5.92 Å². The number of pyridine rings is 1. The summed E-state index contributed by atoms with van der Waals surface area (Å²) in [5.74, 6) is 0.573. The Morgan fingerprint density at radius 3 is 2.77 bits per heavy atom. The highest BCUT2D eigenvalue weighted by Crippen LogP contribution is 2.40. The minimum absolute atomic E-state index is 0.174. The highest BCUT2D eigenvalue weighted by Gasteiger charge is 2.35. The number of fused-ring (bicyclic) bond motifs is 2. The van der Waals surface area contributed by atoms with Crippen molar-refractivity contribution in [1.82, 2.24) is 15.2 Å². The van der Waals surface area contributed by atoms with E-state index in [4.69, 9.17) is 9.72 Å². The number of nitrogens with zero attached hydrogens (tertiary/aromatic N) is 6. The van der Waals surface area contributed by atoms with Gasteiger partial charge in [0.05, 0.1) is 43.1 Å². The number of piperazine rings is 1. The van der Waals surface area contributed by atoms with Crippen molar-refractivity contribution in [3.63, 3.8) is 0 Å². The van der Waals surface area contributed by atoms with Gasteiger partial charge in [0, 0.05) is 55.3 Å². The number of hydrogen-bond donors (Lipinski definition) is 1. The molecule has 2 fully saturated rings. The fraction of sp³-hybridized carbons (Fsp3) is 0.412. The lowest BCUT2D eigenvalue weighted by atomic mass is 9.95. The molecule has 2 saturated heterocycles. The molecule has 0 spiro atoms. The van der Waals surface area contributed by atoms with Crippen LogP contribution in [-0.2, 0) is 17.8 Å². The number of benzene rings is 2. The number of hydrogen-bond acceptors (Lipinski definition) is 8. The van der Waals surface area contributed by atoms with Crippen molar-refractivity contribution >= 4 is 28.1 Å². The van der Waals surface area contributed by atoms with Crippen LogP contribution in [0.3, 0.4) is 0 Å². The zero-order valence-corrected chi connectivity index (χ0v) is 24.7. The van der Waals surface area contributed by atoms with E-state index in [-0.39, 0.29) is 18.4 Å². The molecule has 3 aliphatic rings. The summed E-state index contributed by atoms with van der Waals surface area (Å²) in [6.07, 6.45) is 3.26. The molecular weight excluding hydrogens is 538 g/mol. The van der Waals surface area contributed by atoms with Crippen LogP contribution < -0.4 is 19.9 Å². The fourth-order valence-electron chi connectivity index (χ4n) is 6.86. The van der Waals surface area contributed by atoms with Crippen LogP contribution >= 0.6 is 0 Å². The number of nitriles is 2. The van der Waals surface area contributed by atoms with Crippen LogP contribution in [0, 0.1) is 35.5 Å². The van der Waals surface area contributed by atoms with Crippen LogP contribution in [0.5, 0.6) is 5.88 Å². The molecule has 0 saturated carbocycles. The highest BCUT2D eigenvalue weighted by molar-refractivity contribution is 5.97. The van der Waals surface area contributed by atoms with E-state index in [1.165, 1.54) is 28.1 Å². The van der Waals surface area contributed by atoms with Gasteiger partial charge in [0.1, 0.15) is 11.6 Å². The summed E-state index contributed by atoms with van der Waals surface area (Å²) in [6.45, 7) is 11.0. The molecule has 0 bridgehead atoms. The first-order valence-electron chi connectivity index (χ1n) is 15.1. The maximum absolute atomic E-state index is 12.6. The summed E-state index contributed by atoms with van der Waals surface area (Å²) in [5, 5.41) is 25.9. The number of rotatable bonds is 7. The second kappa shape index (κ2) is 12.3. The number of carbonyl (C=O) groups is 1. The molecule has 0 unspecified atom stereocenters. The number of anilines is 2. The van der Waals surface area contributed by atoms with Crippen LogP contribution in [0.4, 0.5) is 11.4 Å². The molecule has 0 aliphatic carbocycles. The summed E-state index contributed by atoms with van der Waals surface area (Å²) >= 11 is 0. The quantitative estimate of drug-likeness (QED) is 0.420. The van der Waals surface area contributed by atoms with E-state index >= 15 is 0 Å². The maximum atomic E-state index is 12.6. The van der Waals surface area contributed by atoms with Crippen molar-refractivity contribution in [3.05, 3.63) is 71.4 Å². The minimum Gasteiger partial charge on any atom is -0.476 e. The van der Waals surface area contributed by atoms with Gasteiger partial charge in [-0.05, 0) is 49.4 Å². The molecule has 3 aliphatic heterocycles. The lowest BCUT2D eigenvalue weighted by molar-refractivity contribution is -0.128. The van der Waals surface area contributed by atoms with Crippen molar-refractivity contribution in [1.29, 1.82) is 10.5 Å². The summed E-state index contributed by atoms with van der Waals surface area (Å²) in [4.78, 5) is 23.9. The molecule has 0 radical (unpaired) electrons. The van der Waals surface area contributed by atoms with Crippen LogP contribution in [0.15, 0.2) is 49.1 Å². The Bertz CT molecular complexity index is 1630. The van der Waals surface area contributed by atoms with Crippen LogP contribution in [0.25, 0.3) is 10.8 Å². The van der Waals surface area contributed by atoms with Gasteiger partial charge in [-0.3, -0.25) is 4.79 Å². The third kappa shape index (κ3) is 5.49. The monoisotopic (exact) mass is 575 g/mol. The van der Waals surface area contributed by atoms with Gasteiger partial charge in [0.2, 0.25) is 11.8 Å². The number of nitrogens with one attached hydrogen (secondary N) is 1. The first-order valence-corrected chi connectivity index (χ1v) is 15.1. The number of aromatic nitrogens is 1. The number of aryl methyl sites for hydroxylation is 1. The first kappa shape index (κ1) is 28.5. The lowest BCUT2D eigenvalue weighted by Gasteiger charge is -2.43. The first-order chi connectivity index (χ1) is 21.0. The molecule has 3 aromatic rings. The molecule has 2 aromatic carbocycles. The maximum Gasteiger partial charge on any atom is 0.246 e. The molecule has 1 N–H and O–H groups in total. The van der Waals surface area contributed by atoms with E-state index in [1.54, 1.807) is 4.90 Å². The van der Waals surface area contributed by atoms with E-state index in [1.807, 2.05) is 0 Å². The summed E-state index contributed by atoms with van der Waals surface area (Å²) in [6, 6.07) is 17.2. The van der Waals surface area contributed by atoms with Crippen molar-refractivity contribution in [2.75, 3.05) is 55.7 Å². The SMILES string of the molecule is C=CC(=O)N1CCN(c2c(C#N)c(OC[C@@H]3CCNC3)nc3c2CCN(c2cccc4cccc(C)c24)C3)C[C@@H]1CC#N. The van der Waals surface area contributed by atoms with Gasteiger partial charge < -0.3 is 24.8 Å². The average Bonchev–Trinajstić information content (AvgIpc) is 3.56. The zero-order chi connectivity index (χ0) is 29.9. The van der Waals surface area contributed by atoms with Crippen LogP contribution in [0.1, 0.15) is 35.2 Å². The van der Waals surface area contributed by atoms with Crippen molar-refractivity contribution in [3.8, 4) is 18.0 Å². The van der Waals surface area contributed by atoms with Crippen molar-refractivity contribution < 1.29 is 9.53 Å². The normalized spacial score (nSPS) is 19.9. The Kier molecular flexibility index (Phi) is 8.18. The summed E-state index contributed by atoms with van der Waals surface area (Å²) < 4.78 is 6.34. The molecular formula is C34H37N7O2. The third-order valence-corrected chi connectivity index (χ3v) is 9.04. The second-order valence-electron chi connectivity index (χ2n) is 11.7. The Labute approximate surface area is 253 Å². The molecule has 220 valence electrons. The predicted octanol–water partition coefficient (Wildman–Crippen LogP) is 4.08. The Hall–Kier alpha value is -4.60. The van der Waals surface area contributed by atoms with Gasteiger partial charge in [0.25, 0.3) is 0 Å². The number of carbonyl (C=O) groups excluding carboxylic acids is 1. The molecule has 9 heteroatoms. The van der Waals surface area contributed by atoms with Crippen LogP contribution in [-0.4, -0.2) is 67.7 Å². The third-order valence-electron chi connectivity index (χ3n) is 9.04. The largest absolute Gasteiger partial charge is 0.476 e. The van der Waals surface area contributed by atoms with Crippen LogP contribution in [0.2, 0.25) is 0 Å². The minimum atomic E-state index is -0.299. The molecule has 9 nitrogen and oxygen atoms in total. The van der Waals surface area contributed by atoms with E-state index in [0.29, 0.717) is 50.1 Å². The Morgan fingerprint density at radius 1 is 1.19 bits per heavy atom. The van der Waals surface area contributed by atoms with Crippen molar-refractivity contribution in [2.45, 2.75) is 38.8 Å². The average molecular weight is 576 g/mol. The van der Waals surface area contributed by atoms with Gasteiger partial charge in [-0.15, -0.1) is 0 Å². The second-order valence-corrected chi connectivity index (χ2v) is 11.7. The molecule has 6 rings (SSSR count). The highest BCUT2D eigenvalue weighted by atomic mass is 16.5. The van der Waals surface area contributed by atoms with Gasteiger partial charge in [-0.25, -0.2) is 4.98 Å². The molecule has 1 aromatic heterocycles. The molecule has 43 heavy (non-hydrogen) atoms. The van der Waals surface area contributed by atoms with E-state index in [0.717, 1.165) is 49.4 Å². The molecule has 1 amide bonds. The fourth-order valence-corrected chi connectivity index (χ4v) is 6.86. The molecule has 2 atom stereocenters. The van der Waals surface area contributed by atoms with Gasteiger partial charge in [0.15, 0.2) is 0 Å². The Morgan fingerprint density at radius 2 is 2.02 bits per heavy atom. The van der Waals surface area contributed by atoms with Gasteiger partial charge >= 0.3 is 0 Å². The van der Waals surface area contributed by atoms with Gasteiger partial charge in [-0.1, -0.05) is 36.9 Å². The zero-order valence-electron chi connectivity index (χ0n) is 24.7. The number of amides is 1. The predicted molar refractivity (Wildman–Crippen MR) is 167 cm³/mol. The number of ether oxygens (including phenoxy) is 1. The van der Waals surface area contributed by atoms with Gasteiger partial charge in [-0.2, -0.15) is 10.5 Å². The summed E-state index contributed by atoms with van der Waals surface area (Å²) in [5.41, 5.74) is 5.66. The summed E-state index contributed by atoms with van der Waals surface area (Å²) in [7, 11) is 0. The Balaban J connectivity index is 1.40. The van der Waals surface area contributed by atoms with E-state index in [9.17, 15) is 15.3 Å². The smallest absolute Gasteiger partial charge is 0.246 e. The van der Waals surface area contributed by atoms with E-state index < -0.39 is 0 Å². The standard InChI is InChI=1S/C34H37N7O2/c1-3-31(42)41-17-16-40(20-26(41)10-13-35)33-27-12-15-39(30-9-5-8-25-7-4-6-23(2)32(25)30)21-29(27)38-34(28(33)18-36)43-22-24-11-14-37-19-24/h3-9,24,26,37H,1,10-12,14-17,19-22H2,2H3/t24-,26+/m1/s1. The molecule has 4 heterocycles.